The number of H-pyrrole nitrogens is 1. The number of aromatic nitrogens is 1. The van der Waals surface area contributed by atoms with Gasteiger partial charge in [0, 0.05) is 21.6 Å². The van der Waals surface area contributed by atoms with E-state index in [1.54, 1.807) is 6.20 Å². The number of halogens is 2. The fourth-order valence-corrected chi connectivity index (χ4v) is 2.02. The molecule has 1 heterocycles. The molecule has 78 valence electrons. The van der Waals surface area contributed by atoms with Gasteiger partial charge in [0.15, 0.2) is 0 Å². The molecule has 0 spiro atoms. The summed E-state index contributed by atoms with van der Waals surface area (Å²) in [5.74, 6) is -0.402. The van der Waals surface area contributed by atoms with Crippen LogP contribution in [-0.2, 0) is 4.74 Å². The summed E-state index contributed by atoms with van der Waals surface area (Å²) in [4.78, 5) is 14.4. The van der Waals surface area contributed by atoms with Gasteiger partial charge in [-0.15, -0.1) is 0 Å². The molecule has 0 saturated carbocycles. The molecule has 2 aromatic rings. The summed E-state index contributed by atoms with van der Waals surface area (Å²) in [6.07, 6.45) is 1.59. The van der Waals surface area contributed by atoms with Gasteiger partial charge in [-0.2, -0.15) is 0 Å². The first-order chi connectivity index (χ1) is 7.15. The number of aromatic amines is 1. The quantitative estimate of drug-likeness (QED) is 0.818. The Bertz CT molecular complexity index is 535. The van der Waals surface area contributed by atoms with Crippen LogP contribution in [0.4, 0.5) is 0 Å². The number of methoxy groups -OCH3 is 1. The minimum absolute atomic E-state index is 0.402. The first-order valence-electron chi connectivity index (χ1n) is 4.18. The van der Waals surface area contributed by atoms with E-state index < -0.39 is 5.97 Å². The fraction of sp³-hybridized carbons (Fsp3) is 0.100. The topological polar surface area (TPSA) is 42.1 Å². The van der Waals surface area contributed by atoms with E-state index in [1.165, 1.54) is 7.11 Å². The van der Waals surface area contributed by atoms with Crippen LogP contribution in [0.15, 0.2) is 22.8 Å². The summed E-state index contributed by atoms with van der Waals surface area (Å²) in [5, 5.41) is 1.19. The number of fused-ring (bicyclic) bond motifs is 1. The maximum atomic E-state index is 11.4. The molecule has 5 heteroatoms. The monoisotopic (exact) mass is 287 g/mol. The second-order valence-corrected chi connectivity index (χ2v) is 4.21. The number of esters is 1. The van der Waals surface area contributed by atoms with Crippen LogP contribution in [0, 0.1) is 0 Å². The van der Waals surface area contributed by atoms with Gasteiger partial charge in [0.25, 0.3) is 0 Å². The average Bonchev–Trinajstić information content (AvgIpc) is 2.67. The Hall–Kier alpha value is -1.000. The first kappa shape index (κ1) is 10.5. The first-order valence-corrected chi connectivity index (χ1v) is 5.35. The van der Waals surface area contributed by atoms with Crippen molar-refractivity contribution in [1.82, 2.24) is 4.98 Å². The third-order valence-corrected chi connectivity index (χ3v) is 3.42. The lowest BCUT2D eigenvalue weighted by molar-refractivity contribution is 0.0603. The summed E-state index contributed by atoms with van der Waals surface area (Å²) in [6.45, 7) is 0. The molecular weight excluding hydrogens is 281 g/mol. The molecule has 15 heavy (non-hydrogen) atoms. The maximum Gasteiger partial charge on any atom is 0.340 e. The number of rotatable bonds is 1. The van der Waals surface area contributed by atoms with Gasteiger partial charge in [0.05, 0.1) is 17.7 Å². The number of carbonyl (C=O) groups excluding carboxylic acids is 1. The van der Waals surface area contributed by atoms with Crippen LogP contribution < -0.4 is 0 Å². The molecule has 0 aliphatic rings. The zero-order valence-corrected chi connectivity index (χ0v) is 10.1. The Morgan fingerprint density at radius 2 is 2.27 bits per heavy atom. The molecule has 0 saturated heterocycles. The van der Waals surface area contributed by atoms with Crippen molar-refractivity contribution in [2.45, 2.75) is 0 Å². The second kappa shape index (κ2) is 3.87. The molecule has 0 bridgehead atoms. The summed E-state index contributed by atoms with van der Waals surface area (Å²) >= 11 is 9.41. The minimum atomic E-state index is -0.402. The highest BCUT2D eigenvalue weighted by Gasteiger charge is 2.16. The largest absolute Gasteiger partial charge is 0.465 e. The van der Waals surface area contributed by atoms with E-state index >= 15 is 0 Å². The molecule has 1 aromatic heterocycles. The van der Waals surface area contributed by atoms with Crippen molar-refractivity contribution in [3.63, 3.8) is 0 Å². The Labute approximate surface area is 99.5 Å². The number of hydrogen-bond acceptors (Lipinski definition) is 2. The minimum Gasteiger partial charge on any atom is -0.465 e. The highest BCUT2D eigenvalue weighted by molar-refractivity contribution is 9.10. The van der Waals surface area contributed by atoms with Gasteiger partial charge in [-0.3, -0.25) is 0 Å². The van der Waals surface area contributed by atoms with Gasteiger partial charge in [-0.25, -0.2) is 4.79 Å². The fourth-order valence-electron chi connectivity index (χ4n) is 1.43. The molecule has 0 atom stereocenters. The van der Waals surface area contributed by atoms with E-state index in [4.69, 9.17) is 11.6 Å². The number of ether oxygens (including phenoxy) is 1. The van der Waals surface area contributed by atoms with Gasteiger partial charge >= 0.3 is 5.97 Å². The normalized spacial score (nSPS) is 10.6. The van der Waals surface area contributed by atoms with E-state index in [0.29, 0.717) is 16.0 Å². The van der Waals surface area contributed by atoms with E-state index in [1.807, 2.05) is 12.1 Å². The van der Waals surface area contributed by atoms with E-state index in [9.17, 15) is 4.79 Å². The third-order valence-electron chi connectivity index (χ3n) is 2.14. The van der Waals surface area contributed by atoms with Crippen LogP contribution >= 0.6 is 27.5 Å². The zero-order chi connectivity index (χ0) is 11.0. The van der Waals surface area contributed by atoms with Crippen LogP contribution in [0.25, 0.3) is 10.9 Å². The van der Waals surface area contributed by atoms with Gasteiger partial charge in [-0.05, 0) is 28.1 Å². The maximum absolute atomic E-state index is 11.4. The van der Waals surface area contributed by atoms with Crippen molar-refractivity contribution < 1.29 is 9.53 Å². The Balaban J connectivity index is 2.77. The van der Waals surface area contributed by atoms with Crippen molar-refractivity contribution in [2.75, 3.05) is 7.11 Å². The SMILES string of the molecule is COC(=O)c1c[nH]c2ccc(Br)c(Cl)c12. The highest BCUT2D eigenvalue weighted by atomic mass is 79.9. The number of nitrogens with one attached hydrogen (secondary N) is 1. The van der Waals surface area contributed by atoms with Gasteiger partial charge in [0.1, 0.15) is 0 Å². The average molecular weight is 289 g/mol. The van der Waals surface area contributed by atoms with E-state index in [0.717, 1.165) is 9.99 Å². The van der Waals surface area contributed by atoms with Crippen LogP contribution in [0.5, 0.6) is 0 Å². The predicted octanol–water partition coefficient (Wildman–Crippen LogP) is 3.37. The molecule has 2 rings (SSSR count). The van der Waals surface area contributed by atoms with Crippen molar-refractivity contribution >= 4 is 44.4 Å². The number of carbonyl (C=O) groups is 1. The van der Waals surface area contributed by atoms with Crippen LogP contribution in [0.2, 0.25) is 5.02 Å². The van der Waals surface area contributed by atoms with E-state index in [-0.39, 0.29) is 0 Å². The lowest BCUT2D eigenvalue weighted by Crippen LogP contribution is -1.99. The predicted molar refractivity (Wildman–Crippen MR) is 62.3 cm³/mol. The van der Waals surface area contributed by atoms with Crippen molar-refractivity contribution in [2.24, 2.45) is 0 Å². The van der Waals surface area contributed by atoms with Crippen molar-refractivity contribution in [3.8, 4) is 0 Å². The molecule has 0 aliphatic heterocycles. The highest BCUT2D eigenvalue weighted by Crippen LogP contribution is 2.33. The second-order valence-electron chi connectivity index (χ2n) is 2.98. The summed E-state index contributed by atoms with van der Waals surface area (Å²) in [5.41, 5.74) is 1.25. The summed E-state index contributed by atoms with van der Waals surface area (Å²) in [7, 11) is 1.34. The Kier molecular flexibility index (Phi) is 2.71. The smallest absolute Gasteiger partial charge is 0.340 e. The molecule has 0 aliphatic carbocycles. The standard InChI is InChI=1S/C10H7BrClNO2/c1-15-10(14)5-4-13-7-3-2-6(11)9(12)8(5)7/h2-4,13H,1H3. The van der Waals surface area contributed by atoms with Crippen LogP contribution in [-0.4, -0.2) is 18.1 Å². The molecule has 0 radical (unpaired) electrons. The third kappa shape index (κ3) is 1.64. The van der Waals surface area contributed by atoms with E-state index in [2.05, 4.69) is 25.7 Å². The summed E-state index contributed by atoms with van der Waals surface area (Å²) < 4.78 is 5.42. The molecule has 0 amide bonds. The van der Waals surface area contributed by atoms with Gasteiger partial charge in [-0.1, -0.05) is 11.6 Å². The number of hydrogen-bond donors (Lipinski definition) is 1. The molecule has 1 aromatic carbocycles. The molecule has 3 nitrogen and oxygen atoms in total. The van der Waals surface area contributed by atoms with Crippen molar-refractivity contribution in [1.29, 1.82) is 0 Å². The van der Waals surface area contributed by atoms with Crippen LogP contribution in [0.1, 0.15) is 10.4 Å². The van der Waals surface area contributed by atoms with Crippen molar-refractivity contribution in [3.05, 3.63) is 33.4 Å². The Morgan fingerprint density at radius 3 is 2.93 bits per heavy atom. The van der Waals surface area contributed by atoms with Gasteiger partial charge < -0.3 is 9.72 Å². The number of benzene rings is 1. The van der Waals surface area contributed by atoms with Gasteiger partial charge in [0.2, 0.25) is 0 Å². The zero-order valence-electron chi connectivity index (χ0n) is 7.80. The lowest BCUT2D eigenvalue weighted by atomic mass is 10.2. The van der Waals surface area contributed by atoms with Crippen LogP contribution in [0.3, 0.4) is 0 Å². The molecule has 0 fully saturated rings. The lowest BCUT2D eigenvalue weighted by Gasteiger charge is -2.00. The summed E-state index contributed by atoms with van der Waals surface area (Å²) in [6, 6.07) is 3.67. The molecule has 0 unspecified atom stereocenters. The Morgan fingerprint density at radius 1 is 1.53 bits per heavy atom. The molecular formula is C10H7BrClNO2. The molecule has 1 N–H and O–H groups in total.